The highest BCUT2D eigenvalue weighted by atomic mass is 16.5. The molecule has 3 amide bonds. The molecule has 0 aliphatic rings. The Labute approximate surface area is 139 Å². The molecule has 0 spiro atoms. The lowest BCUT2D eigenvalue weighted by Gasteiger charge is -2.11. The zero-order valence-electron chi connectivity index (χ0n) is 14.0. The molecular formula is C15H20N6O3. The average Bonchev–Trinajstić information content (AvgIpc) is 2.94. The highest BCUT2D eigenvalue weighted by molar-refractivity contribution is 5.92. The summed E-state index contributed by atoms with van der Waals surface area (Å²) in [6.45, 7) is 1.83. The van der Waals surface area contributed by atoms with Gasteiger partial charge in [0.25, 0.3) is 0 Å². The molecule has 9 heteroatoms. The van der Waals surface area contributed by atoms with Gasteiger partial charge in [0.2, 0.25) is 5.91 Å². The molecule has 0 atom stereocenters. The molecule has 0 saturated heterocycles. The van der Waals surface area contributed by atoms with E-state index in [4.69, 9.17) is 4.74 Å². The van der Waals surface area contributed by atoms with Crippen LogP contribution in [0.4, 0.5) is 16.3 Å². The zero-order chi connectivity index (χ0) is 17.7. The summed E-state index contributed by atoms with van der Waals surface area (Å²) >= 11 is 0. The number of carbonyl (C=O) groups is 2. The summed E-state index contributed by atoms with van der Waals surface area (Å²) in [5.41, 5.74) is 1.58. The second-order valence-electron chi connectivity index (χ2n) is 5.34. The van der Waals surface area contributed by atoms with Gasteiger partial charge < -0.3 is 15.0 Å². The van der Waals surface area contributed by atoms with E-state index in [2.05, 4.69) is 20.8 Å². The Hall–Kier alpha value is -3.10. The van der Waals surface area contributed by atoms with Crippen molar-refractivity contribution < 1.29 is 14.3 Å². The second-order valence-corrected chi connectivity index (χ2v) is 5.34. The third-order valence-electron chi connectivity index (χ3n) is 3.09. The molecular weight excluding hydrogens is 312 g/mol. The molecule has 1 aromatic heterocycles. The first kappa shape index (κ1) is 17.3. The van der Waals surface area contributed by atoms with Crippen LogP contribution in [0.15, 0.2) is 24.4 Å². The molecule has 0 unspecified atom stereocenters. The van der Waals surface area contributed by atoms with Crippen LogP contribution in [0.1, 0.15) is 5.56 Å². The molecule has 9 nitrogen and oxygen atoms in total. The average molecular weight is 332 g/mol. The molecule has 0 radical (unpaired) electrons. The smallest absolute Gasteiger partial charge is 0.322 e. The largest absolute Gasteiger partial charge is 0.495 e. The van der Waals surface area contributed by atoms with Crippen LogP contribution in [0.3, 0.4) is 0 Å². The van der Waals surface area contributed by atoms with Gasteiger partial charge in [0.05, 0.1) is 19.0 Å². The molecule has 128 valence electrons. The number of amides is 3. The molecule has 0 bridgehead atoms. The van der Waals surface area contributed by atoms with Gasteiger partial charge in [0.1, 0.15) is 12.3 Å². The van der Waals surface area contributed by atoms with Gasteiger partial charge in [-0.1, -0.05) is 6.07 Å². The topological polar surface area (TPSA) is 101 Å². The maximum Gasteiger partial charge on any atom is 0.322 e. The lowest BCUT2D eigenvalue weighted by Crippen LogP contribution is -2.27. The summed E-state index contributed by atoms with van der Waals surface area (Å²) in [5.74, 6) is 0.538. The first-order valence-corrected chi connectivity index (χ1v) is 7.22. The third kappa shape index (κ3) is 4.45. The van der Waals surface area contributed by atoms with Crippen LogP contribution in [0, 0.1) is 6.92 Å². The Morgan fingerprint density at radius 3 is 2.71 bits per heavy atom. The van der Waals surface area contributed by atoms with E-state index in [-0.39, 0.29) is 24.3 Å². The van der Waals surface area contributed by atoms with Crippen molar-refractivity contribution in [1.82, 2.24) is 19.9 Å². The zero-order valence-corrected chi connectivity index (χ0v) is 14.0. The van der Waals surface area contributed by atoms with Crippen molar-refractivity contribution in [1.29, 1.82) is 0 Å². The quantitative estimate of drug-likeness (QED) is 0.860. The Morgan fingerprint density at radius 1 is 1.29 bits per heavy atom. The van der Waals surface area contributed by atoms with Crippen molar-refractivity contribution in [3.8, 4) is 5.75 Å². The maximum atomic E-state index is 12.1. The molecule has 0 saturated carbocycles. The molecule has 0 aliphatic carbocycles. The number of aryl methyl sites for hydroxylation is 1. The number of carbonyl (C=O) groups excluding carboxylic acids is 2. The van der Waals surface area contributed by atoms with E-state index in [1.807, 2.05) is 19.1 Å². The summed E-state index contributed by atoms with van der Waals surface area (Å²) < 4.78 is 5.22. The number of hydrogen-bond acceptors (Lipinski definition) is 5. The standard InChI is InChI=1S/C15H20N6O3/c1-10-5-6-12(24-4)11(7-10)17-14(22)9-21-16-8-13(19-21)18-15(23)20(2)3/h5-8H,9H2,1-4H3,(H,17,22)(H,18,19,23). The fourth-order valence-electron chi connectivity index (χ4n) is 1.89. The van der Waals surface area contributed by atoms with E-state index in [0.717, 1.165) is 5.56 Å². The van der Waals surface area contributed by atoms with Crippen LogP contribution in [0.2, 0.25) is 0 Å². The van der Waals surface area contributed by atoms with Crippen LogP contribution in [-0.4, -0.2) is 53.0 Å². The number of benzene rings is 1. The van der Waals surface area contributed by atoms with Crippen LogP contribution < -0.4 is 15.4 Å². The normalized spacial score (nSPS) is 10.2. The molecule has 24 heavy (non-hydrogen) atoms. The first-order chi connectivity index (χ1) is 11.4. The van der Waals surface area contributed by atoms with Gasteiger partial charge in [-0.15, -0.1) is 5.10 Å². The minimum Gasteiger partial charge on any atom is -0.495 e. The Kier molecular flexibility index (Phi) is 5.35. The van der Waals surface area contributed by atoms with Gasteiger partial charge in [-0.25, -0.2) is 4.79 Å². The predicted octanol–water partition coefficient (Wildman–Crippen LogP) is 1.33. The lowest BCUT2D eigenvalue weighted by atomic mass is 10.2. The van der Waals surface area contributed by atoms with E-state index in [0.29, 0.717) is 11.4 Å². The number of nitrogens with zero attached hydrogens (tertiary/aromatic N) is 4. The van der Waals surface area contributed by atoms with Crippen molar-refractivity contribution in [2.24, 2.45) is 0 Å². The molecule has 2 rings (SSSR count). The van der Waals surface area contributed by atoms with Crippen LogP contribution in [0.5, 0.6) is 5.75 Å². The third-order valence-corrected chi connectivity index (χ3v) is 3.09. The lowest BCUT2D eigenvalue weighted by molar-refractivity contribution is -0.117. The molecule has 0 aliphatic heterocycles. The summed E-state index contributed by atoms with van der Waals surface area (Å²) in [6.07, 6.45) is 1.38. The van der Waals surface area contributed by atoms with Crippen LogP contribution in [0.25, 0.3) is 0 Å². The predicted molar refractivity (Wildman–Crippen MR) is 89.1 cm³/mol. The fraction of sp³-hybridized carbons (Fsp3) is 0.333. The Bertz CT molecular complexity index is 741. The molecule has 2 aromatic rings. The van der Waals surface area contributed by atoms with Crippen molar-refractivity contribution >= 4 is 23.4 Å². The van der Waals surface area contributed by atoms with E-state index in [1.165, 1.54) is 23.0 Å². The molecule has 2 N–H and O–H groups in total. The molecule has 1 aromatic carbocycles. The number of methoxy groups -OCH3 is 1. The van der Waals surface area contributed by atoms with Gasteiger partial charge in [0, 0.05) is 14.1 Å². The summed E-state index contributed by atoms with van der Waals surface area (Å²) in [7, 11) is 4.76. The minimum absolute atomic E-state index is 0.0884. The van der Waals surface area contributed by atoms with Crippen molar-refractivity contribution in [2.75, 3.05) is 31.8 Å². The first-order valence-electron chi connectivity index (χ1n) is 7.22. The fourth-order valence-corrected chi connectivity index (χ4v) is 1.89. The van der Waals surface area contributed by atoms with Crippen molar-refractivity contribution in [3.05, 3.63) is 30.0 Å². The maximum absolute atomic E-state index is 12.1. The SMILES string of the molecule is COc1ccc(C)cc1NC(=O)Cn1ncc(NC(=O)N(C)C)n1. The highest BCUT2D eigenvalue weighted by Crippen LogP contribution is 2.25. The monoisotopic (exact) mass is 332 g/mol. The summed E-state index contributed by atoms with van der Waals surface area (Å²) in [6, 6.07) is 5.17. The van der Waals surface area contributed by atoms with Crippen molar-refractivity contribution in [3.63, 3.8) is 0 Å². The summed E-state index contributed by atoms with van der Waals surface area (Å²) in [4.78, 5) is 26.2. The summed E-state index contributed by atoms with van der Waals surface area (Å²) in [5, 5.41) is 13.3. The number of urea groups is 1. The van der Waals surface area contributed by atoms with Gasteiger partial charge >= 0.3 is 6.03 Å². The number of anilines is 2. The highest BCUT2D eigenvalue weighted by Gasteiger charge is 2.11. The van der Waals surface area contributed by atoms with Gasteiger partial charge in [-0.05, 0) is 24.6 Å². The number of rotatable bonds is 5. The number of ether oxygens (including phenoxy) is 1. The van der Waals surface area contributed by atoms with E-state index < -0.39 is 0 Å². The van der Waals surface area contributed by atoms with Crippen molar-refractivity contribution in [2.45, 2.75) is 13.5 Å². The van der Waals surface area contributed by atoms with Gasteiger partial charge in [-0.3, -0.25) is 10.1 Å². The Balaban J connectivity index is 1.99. The number of aromatic nitrogens is 3. The van der Waals surface area contributed by atoms with Gasteiger partial charge in [-0.2, -0.15) is 9.90 Å². The van der Waals surface area contributed by atoms with E-state index in [1.54, 1.807) is 20.2 Å². The van der Waals surface area contributed by atoms with Gasteiger partial charge in [0.15, 0.2) is 5.82 Å². The molecule has 1 heterocycles. The second kappa shape index (κ2) is 7.44. The molecule has 0 fully saturated rings. The van der Waals surface area contributed by atoms with E-state index in [9.17, 15) is 9.59 Å². The van der Waals surface area contributed by atoms with Crippen LogP contribution in [-0.2, 0) is 11.3 Å². The van der Waals surface area contributed by atoms with E-state index >= 15 is 0 Å². The number of nitrogens with one attached hydrogen (secondary N) is 2. The minimum atomic E-state index is -0.323. The number of hydrogen-bond donors (Lipinski definition) is 2. The van der Waals surface area contributed by atoms with Crippen LogP contribution >= 0.6 is 0 Å². The Morgan fingerprint density at radius 2 is 2.04 bits per heavy atom.